The van der Waals surface area contributed by atoms with Gasteiger partial charge in [0.2, 0.25) is 0 Å². The Kier molecular flexibility index (Phi) is 32.7. The first-order chi connectivity index (χ1) is 35.6. The standard InChI is InChI=1S/2C18H15S.2C8H7F3O.C4H8O.2C2H4O2.CH4.Y/c2*1-4-10-16(11-5-1)19(17-12-6-2-7-13-17)18-14-8-3-9-15-18;2*1-5-2-6(8(9,10)11)4-7(12)3-5;1-2-4-5-3-1;2*1-2(3)4;;/h2*1-15H;2*2-4,12H,1H3;1-4H2;2*1H3,(H,3,4);1H4;/q2*+1;;;;;;;/p-2. The molecule has 9 rings (SSSR count). The Morgan fingerprint density at radius 3 is 0.909 bits per heavy atom. The Bertz CT molecular complexity index is 2410. The van der Waals surface area contributed by atoms with Gasteiger partial charge < -0.3 is 30.0 Å². The molecule has 0 amide bonds. The summed E-state index contributed by atoms with van der Waals surface area (Å²) in [5.41, 5.74) is -0.982. The van der Waals surface area contributed by atoms with Gasteiger partial charge in [0.15, 0.2) is 29.4 Å². The van der Waals surface area contributed by atoms with Crippen molar-refractivity contribution in [1.82, 2.24) is 0 Å². The number of aryl methyl sites for hydroxylation is 2. The second-order valence-electron chi connectivity index (χ2n) is 15.9. The number of ether oxygens (including phenoxy) is 1. The molecule has 0 saturated carbocycles. The fourth-order valence-corrected chi connectivity index (χ4v) is 10.7. The Balaban J connectivity index is 0.000000479. The molecule has 1 radical (unpaired) electrons. The van der Waals surface area contributed by atoms with E-state index < -0.39 is 41.2 Å². The van der Waals surface area contributed by atoms with E-state index in [9.17, 15) is 31.4 Å². The van der Waals surface area contributed by atoms with Crippen molar-refractivity contribution < 1.29 is 93.8 Å². The molecule has 1 aliphatic rings. The summed E-state index contributed by atoms with van der Waals surface area (Å²) in [6.07, 6.45) is -6.26. The third kappa shape index (κ3) is 28.0. The van der Waals surface area contributed by atoms with Gasteiger partial charge in [0.25, 0.3) is 5.97 Å². The van der Waals surface area contributed by atoms with Crippen LogP contribution in [0, 0.1) is 13.8 Å². The van der Waals surface area contributed by atoms with Gasteiger partial charge in [0.05, 0.1) is 32.9 Å². The summed E-state index contributed by atoms with van der Waals surface area (Å²) in [4.78, 5) is 26.1. The number of aromatic hydroxyl groups is 1. The van der Waals surface area contributed by atoms with E-state index in [4.69, 9.17) is 29.6 Å². The number of halogens is 6. The third-order valence-electron chi connectivity index (χ3n) is 9.47. The molecule has 1 aliphatic heterocycles. The van der Waals surface area contributed by atoms with E-state index in [0.717, 1.165) is 45.3 Å². The van der Waals surface area contributed by atoms with E-state index in [-0.39, 0.29) is 67.7 Å². The molecule has 8 aromatic carbocycles. The Labute approximate surface area is 479 Å². The molecule has 405 valence electrons. The summed E-state index contributed by atoms with van der Waals surface area (Å²) in [6, 6.07) is 70.0. The van der Waals surface area contributed by atoms with Crippen LogP contribution >= 0.6 is 0 Å². The molecule has 0 bridgehead atoms. The molecule has 7 nitrogen and oxygen atoms in total. The summed E-state index contributed by atoms with van der Waals surface area (Å²) in [5, 5.41) is 35.8. The van der Waals surface area contributed by atoms with Crippen LogP contribution in [-0.2, 0) is 81.2 Å². The number of hydrogen-bond acceptors (Lipinski definition) is 6. The van der Waals surface area contributed by atoms with Crippen LogP contribution in [0.5, 0.6) is 11.5 Å². The van der Waals surface area contributed by atoms with Crippen LogP contribution in [-0.4, -0.2) is 35.4 Å². The van der Waals surface area contributed by atoms with Crippen molar-refractivity contribution in [2.24, 2.45) is 0 Å². The van der Waals surface area contributed by atoms with Crippen LogP contribution in [0.3, 0.4) is 0 Å². The van der Waals surface area contributed by atoms with Crippen molar-refractivity contribution in [2.75, 3.05) is 13.2 Å². The fraction of sp³-hybridized carbons (Fsp3) is 0.180. The molecule has 0 unspecified atom stereocenters. The predicted octanol–water partition coefficient (Wildman–Crippen LogP) is 14.6. The molecule has 77 heavy (non-hydrogen) atoms. The first-order valence-corrected chi connectivity index (χ1v) is 25.6. The number of hydrogen-bond donors (Lipinski definition) is 2. The van der Waals surface area contributed by atoms with Crippen LogP contribution in [0.25, 0.3) is 0 Å². The molecule has 8 aromatic rings. The van der Waals surface area contributed by atoms with Crippen molar-refractivity contribution in [2.45, 2.75) is 89.7 Å². The average Bonchev–Trinajstić information content (AvgIpc) is 3.97. The van der Waals surface area contributed by atoms with E-state index in [0.29, 0.717) is 23.3 Å². The van der Waals surface area contributed by atoms with Crippen LogP contribution in [0.15, 0.2) is 248 Å². The number of phenols is 1. The van der Waals surface area contributed by atoms with Gasteiger partial charge >= 0.3 is 12.4 Å². The smallest absolute Gasteiger partial charge is 0.416 e. The molecule has 1 saturated heterocycles. The van der Waals surface area contributed by atoms with Gasteiger partial charge in [-0.2, -0.15) is 26.3 Å². The first kappa shape index (κ1) is 68.7. The molecule has 2 N–H and O–H groups in total. The Morgan fingerprint density at radius 1 is 0.481 bits per heavy atom. The van der Waals surface area contributed by atoms with Crippen LogP contribution < -0.4 is 10.2 Å². The maximum atomic E-state index is 12.0. The van der Waals surface area contributed by atoms with E-state index in [1.807, 2.05) is 0 Å². The zero-order valence-corrected chi connectivity index (χ0v) is 46.7. The number of carboxylic acids is 2. The van der Waals surface area contributed by atoms with E-state index in [2.05, 4.69) is 182 Å². The summed E-state index contributed by atoms with van der Waals surface area (Å²) >= 11 is 0. The zero-order chi connectivity index (χ0) is 55.2. The number of phenolic OH excluding ortho intramolecular Hbond substituents is 1. The van der Waals surface area contributed by atoms with Gasteiger partial charge in [-0.25, -0.2) is 0 Å². The molecule has 0 spiro atoms. The number of carboxylic acid groups (broad SMARTS) is 2. The minimum absolute atomic E-state index is 0. The molecule has 16 heteroatoms. The van der Waals surface area contributed by atoms with E-state index in [1.165, 1.54) is 62.1 Å². The largest absolute Gasteiger partial charge is 0.872 e. The Hall–Kier alpha value is -6.36. The van der Waals surface area contributed by atoms with Gasteiger partial charge in [-0.15, -0.1) is 5.75 Å². The van der Waals surface area contributed by atoms with Gasteiger partial charge in [-0.3, -0.25) is 4.79 Å². The minimum Gasteiger partial charge on any atom is -0.872 e. The van der Waals surface area contributed by atoms with Crippen molar-refractivity contribution >= 4 is 33.7 Å². The van der Waals surface area contributed by atoms with Gasteiger partial charge in [-0.1, -0.05) is 134 Å². The minimum atomic E-state index is -4.43. The van der Waals surface area contributed by atoms with Crippen LogP contribution in [0.1, 0.15) is 56.4 Å². The van der Waals surface area contributed by atoms with Gasteiger partial charge in [0.1, 0.15) is 5.75 Å². The van der Waals surface area contributed by atoms with Crippen molar-refractivity contribution in [3.8, 4) is 11.5 Å². The van der Waals surface area contributed by atoms with Gasteiger partial charge in [0, 0.05) is 58.8 Å². The SMILES string of the molecule is C.C1CCOC1.CC(=O)O.CC(=O)[O-].Cc1cc(O)cc(C(F)(F)F)c1.Cc1cc([O-])cc(C(F)(F)F)c1.[Y].c1ccc([S+](c2ccccc2)c2ccccc2)cc1.c1ccc([S+](c2ccccc2)c2ccccc2)cc1. The molecule has 0 aliphatic carbocycles. The van der Waals surface area contributed by atoms with Gasteiger partial charge in [-0.05, 0) is 136 Å². The van der Waals surface area contributed by atoms with Crippen molar-refractivity contribution in [3.05, 3.63) is 241 Å². The monoisotopic (exact) mass is 1170 g/mol. The van der Waals surface area contributed by atoms with Crippen LogP contribution in [0.2, 0.25) is 0 Å². The maximum absolute atomic E-state index is 12.0. The molecule has 1 fully saturated rings. The third-order valence-corrected chi connectivity index (χ3v) is 13.9. The molecule has 0 aromatic heterocycles. The van der Waals surface area contributed by atoms with E-state index in [1.54, 1.807) is 0 Å². The molecule has 0 atom stereocenters. The predicted molar refractivity (Wildman–Crippen MR) is 287 cm³/mol. The second-order valence-corrected chi connectivity index (χ2v) is 20.0. The number of carbonyl (C=O) groups is 2. The zero-order valence-electron chi connectivity index (χ0n) is 42.2. The molecule has 1 heterocycles. The normalized spacial score (nSPS) is 11.1. The topological polar surface area (TPSA) is 130 Å². The first-order valence-electron chi connectivity index (χ1n) is 23.1. The average molecular weight is 1170 g/mol. The fourth-order valence-electron chi connectivity index (χ4n) is 6.50. The molecular formula is C61H62F6O7S2Y. The summed E-state index contributed by atoms with van der Waals surface area (Å²) in [6.45, 7) is 7.01. The van der Waals surface area contributed by atoms with E-state index >= 15 is 0 Å². The van der Waals surface area contributed by atoms with Crippen LogP contribution in [0.4, 0.5) is 26.3 Å². The summed E-state index contributed by atoms with van der Waals surface area (Å²) < 4.78 is 77.1. The Morgan fingerprint density at radius 2 is 0.714 bits per heavy atom. The number of alkyl halides is 6. The second kappa shape index (κ2) is 36.6. The van der Waals surface area contributed by atoms with Crippen molar-refractivity contribution in [1.29, 1.82) is 0 Å². The number of aliphatic carboxylic acids is 2. The maximum Gasteiger partial charge on any atom is 0.416 e. The number of benzene rings is 8. The van der Waals surface area contributed by atoms with Crippen molar-refractivity contribution in [3.63, 3.8) is 0 Å². The summed E-state index contributed by atoms with van der Waals surface area (Å²) in [5.74, 6) is -2.88. The number of carbonyl (C=O) groups excluding carboxylic acids is 1. The number of rotatable bonds is 6. The summed E-state index contributed by atoms with van der Waals surface area (Å²) in [7, 11) is -0.0293. The quantitative estimate of drug-likeness (QED) is 0.125. The molecular weight excluding hydrogens is 1110 g/mol.